The van der Waals surface area contributed by atoms with Crippen LogP contribution in [0.3, 0.4) is 0 Å². The lowest BCUT2D eigenvalue weighted by atomic mass is 10.2. The van der Waals surface area contributed by atoms with E-state index in [1.165, 1.54) is 28.9 Å². The second-order valence-corrected chi connectivity index (χ2v) is 8.06. The van der Waals surface area contributed by atoms with Gasteiger partial charge in [-0.25, -0.2) is 0 Å². The second-order valence-electron chi connectivity index (χ2n) is 6.91. The van der Waals surface area contributed by atoms with Crippen LogP contribution >= 0.6 is 23.6 Å². The Morgan fingerprint density at radius 2 is 2.00 bits per heavy atom. The molecule has 4 nitrogen and oxygen atoms in total. The van der Waals surface area contributed by atoms with Crippen LogP contribution in [-0.4, -0.2) is 21.4 Å². The van der Waals surface area contributed by atoms with Crippen LogP contribution in [-0.2, 0) is 19.8 Å². The average Bonchev–Trinajstić information content (AvgIpc) is 3.26. The molecule has 3 aromatic rings. The van der Waals surface area contributed by atoms with Gasteiger partial charge in [-0.1, -0.05) is 30.3 Å². The average molecular weight is 372 g/mol. The van der Waals surface area contributed by atoms with Crippen LogP contribution in [0, 0.1) is 4.77 Å². The molecule has 1 fully saturated rings. The quantitative estimate of drug-likeness (QED) is 0.646. The molecule has 25 heavy (non-hydrogen) atoms. The zero-order valence-electron chi connectivity index (χ0n) is 14.4. The summed E-state index contributed by atoms with van der Waals surface area (Å²) >= 11 is 7.53. The van der Waals surface area contributed by atoms with E-state index >= 15 is 0 Å². The highest BCUT2D eigenvalue weighted by atomic mass is 32.1. The topological polar surface area (TPSA) is 27.2 Å². The molecular weight excluding hydrogens is 348 g/mol. The van der Waals surface area contributed by atoms with Gasteiger partial charge in [-0.15, -0.1) is 0 Å². The summed E-state index contributed by atoms with van der Waals surface area (Å²) in [7, 11) is 2.20. The van der Waals surface area contributed by atoms with Crippen LogP contribution in [0.5, 0.6) is 0 Å². The number of thiophene rings is 1. The normalized spacial score (nSPS) is 15.4. The Morgan fingerprint density at radius 1 is 1.20 bits per heavy atom. The van der Waals surface area contributed by atoms with Gasteiger partial charge >= 0.3 is 0 Å². The molecule has 1 N–H and O–H groups in total. The van der Waals surface area contributed by atoms with Gasteiger partial charge in [0, 0.05) is 11.5 Å². The van der Waals surface area contributed by atoms with Gasteiger partial charge in [0.1, 0.15) is 12.4 Å². The Morgan fingerprint density at radius 3 is 2.68 bits per heavy atom. The molecule has 1 saturated carbocycles. The van der Waals surface area contributed by atoms with Crippen molar-refractivity contribution >= 4 is 23.6 Å². The summed E-state index contributed by atoms with van der Waals surface area (Å²) < 4.78 is 5.10. The number of benzene rings is 1. The van der Waals surface area contributed by atoms with Crippen LogP contribution < -0.4 is 4.90 Å². The maximum atomic E-state index is 5.78. The number of nitrogens with one attached hydrogen (secondary N) is 1. The Labute approximate surface area is 157 Å². The van der Waals surface area contributed by atoms with Gasteiger partial charge in [0.05, 0.1) is 13.6 Å². The molecule has 1 atom stereocenters. The van der Waals surface area contributed by atoms with Crippen LogP contribution in [0.15, 0.2) is 47.2 Å². The fourth-order valence-electron chi connectivity index (χ4n) is 3.17. The minimum absolute atomic E-state index is 0.587. The summed E-state index contributed by atoms with van der Waals surface area (Å²) in [6.07, 6.45) is 2.47. The van der Waals surface area contributed by atoms with Crippen molar-refractivity contribution in [1.29, 1.82) is 0 Å². The van der Waals surface area contributed by atoms with E-state index in [-0.39, 0.29) is 0 Å². The standard InChI is InChI=1S/C19H22N4S2/c1-21(11-16-9-10-25-13-16)14-23-19(24)22(18(20-23)17-7-8-17)12-15-5-3-2-4-6-15/h2-6,9-10,13,17H,7-8,11-12,14H2,1H3/p+1. The minimum atomic E-state index is 0.587. The van der Waals surface area contributed by atoms with E-state index in [0.29, 0.717) is 5.92 Å². The number of aromatic nitrogens is 3. The minimum Gasteiger partial charge on any atom is -0.315 e. The van der Waals surface area contributed by atoms with E-state index in [0.717, 1.165) is 30.4 Å². The third kappa shape index (κ3) is 3.92. The molecule has 6 heteroatoms. The maximum Gasteiger partial charge on any atom is 0.203 e. The van der Waals surface area contributed by atoms with E-state index in [9.17, 15) is 0 Å². The molecule has 0 aliphatic heterocycles. The number of rotatable bonds is 7. The first-order chi connectivity index (χ1) is 12.2. The molecule has 130 valence electrons. The fourth-order valence-corrected chi connectivity index (χ4v) is 4.10. The highest BCUT2D eigenvalue weighted by Crippen LogP contribution is 2.39. The molecule has 0 radical (unpaired) electrons. The van der Waals surface area contributed by atoms with Gasteiger partial charge in [0.25, 0.3) is 0 Å². The lowest BCUT2D eigenvalue weighted by Gasteiger charge is -2.12. The van der Waals surface area contributed by atoms with E-state index in [4.69, 9.17) is 17.3 Å². The number of hydrogen-bond donors (Lipinski definition) is 1. The van der Waals surface area contributed by atoms with Crippen molar-refractivity contribution in [2.24, 2.45) is 0 Å². The van der Waals surface area contributed by atoms with E-state index < -0.39 is 0 Å². The molecule has 2 heterocycles. The SMILES string of the molecule is C[NH+](Cc1ccsc1)Cn1nc(C2CC2)n(Cc2ccccc2)c1=S. The summed E-state index contributed by atoms with van der Waals surface area (Å²) in [5, 5.41) is 9.24. The van der Waals surface area contributed by atoms with Crippen molar-refractivity contribution in [3.05, 3.63) is 68.9 Å². The van der Waals surface area contributed by atoms with Crippen LogP contribution in [0.1, 0.15) is 35.7 Å². The highest BCUT2D eigenvalue weighted by molar-refractivity contribution is 7.71. The number of quaternary nitrogens is 1. The van der Waals surface area contributed by atoms with Gasteiger partial charge < -0.3 is 4.90 Å². The third-order valence-corrected chi connectivity index (χ3v) is 5.75. The van der Waals surface area contributed by atoms with Gasteiger partial charge in [-0.3, -0.25) is 4.57 Å². The first-order valence-corrected chi connectivity index (χ1v) is 10.1. The Balaban J connectivity index is 1.56. The first-order valence-electron chi connectivity index (χ1n) is 8.74. The van der Waals surface area contributed by atoms with Crippen molar-refractivity contribution in [2.45, 2.75) is 38.5 Å². The largest absolute Gasteiger partial charge is 0.315 e. The number of hydrogen-bond acceptors (Lipinski definition) is 3. The van der Waals surface area contributed by atoms with E-state index in [2.05, 4.69) is 58.8 Å². The first kappa shape index (κ1) is 16.7. The zero-order chi connectivity index (χ0) is 17.2. The summed E-state index contributed by atoms with van der Waals surface area (Å²) in [5.41, 5.74) is 2.65. The van der Waals surface area contributed by atoms with Crippen LogP contribution in [0.25, 0.3) is 0 Å². The highest BCUT2D eigenvalue weighted by Gasteiger charge is 2.30. The van der Waals surface area contributed by atoms with Gasteiger partial charge in [-0.05, 0) is 47.4 Å². The van der Waals surface area contributed by atoms with Crippen LogP contribution in [0.4, 0.5) is 0 Å². The summed E-state index contributed by atoms with van der Waals surface area (Å²) in [6, 6.07) is 12.7. The molecule has 1 aliphatic rings. The number of nitrogens with zero attached hydrogens (tertiary/aromatic N) is 3. The molecule has 0 bridgehead atoms. The van der Waals surface area contributed by atoms with Gasteiger partial charge in [-0.2, -0.15) is 21.1 Å². The Kier molecular flexibility index (Phi) is 4.83. The maximum absolute atomic E-state index is 5.78. The van der Waals surface area contributed by atoms with Crippen molar-refractivity contribution in [2.75, 3.05) is 7.05 Å². The van der Waals surface area contributed by atoms with E-state index in [1.54, 1.807) is 11.3 Å². The van der Waals surface area contributed by atoms with Gasteiger partial charge in [0.2, 0.25) is 4.77 Å². The predicted octanol–water partition coefficient (Wildman–Crippen LogP) is 3.07. The van der Waals surface area contributed by atoms with Crippen molar-refractivity contribution < 1.29 is 4.90 Å². The summed E-state index contributed by atoms with van der Waals surface area (Å²) in [4.78, 5) is 1.39. The summed E-state index contributed by atoms with van der Waals surface area (Å²) in [6.45, 7) is 2.61. The lowest BCUT2D eigenvalue weighted by molar-refractivity contribution is -0.917. The monoisotopic (exact) mass is 371 g/mol. The summed E-state index contributed by atoms with van der Waals surface area (Å²) in [5.74, 6) is 1.75. The van der Waals surface area contributed by atoms with Crippen molar-refractivity contribution in [3.63, 3.8) is 0 Å². The second kappa shape index (κ2) is 7.23. The molecule has 1 aliphatic carbocycles. The lowest BCUT2D eigenvalue weighted by Crippen LogP contribution is -3.06. The molecule has 0 spiro atoms. The van der Waals surface area contributed by atoms with Crippen LogP contribution in [0.2, 0.25) is 0 Å². The van der Waals surface area contributed by atoms with E-state index in [1.807, 2.05) is 4.68 Å². The Hall–Kier alpha value is -1.76. The molecule has 1 aromatic carbocycles. The Bertz CT molecular complexity index is 876. The molecule has 1 unspecified atom stereocenters. The smallest absolute Gasteiger partial charge is 0.203 e. The third-order valence-electron chi connectivity index (χ3n) is 4.58. The molecule has 0 amide bonds. The predicted molar refractivity (Wildman–Crippen MR) is 103 cm³/mol. The van der Waals surface area contributed by atoms with Crippen molar-refractivity contribution in [1.82, 2.24) is 14.3 Å². The van der Waals surface area contributed by atoms with Crippen molar-refractivity contribution in [3.8, 4) is 0 Å². The fraction of sp³-hybridized carbons (Fsp3) is 0.368. The molecule has 2 aromatic heterocycles. The molecule has 4 rings (SSSR count). The molecule has 0 saturated heterocycles. The van der Waals surface area contributed by atoms with Gasteiger partial charge in [0.15, 0.2) is 6.67 Å². The molecular formula is C19H23N4S2+. The zero-order valence-corrected chi connectivity index (χ0v) is 16.0.